The van der Waals surface area contributed by atoms with Crippen LogP contribution in [-0.2, 0) is 6.18 Å². The maximum atomic E-state index is 12.7. The van der Waals surface area contributed by atoms with Gasteiger partial charge in [0.05, 0.1) is 12.8 Å². The number of rotatable bonds is 2. The molecular formula is C14H13F3N2O2. The predicted octanol–water partition coefficient (Wildman–Crippen LogP) is 3.08. The van der Waals surface area contributed by atoms with Crippen LogP contribution in [-0.4, -0.2) is 17.1 Å². The van der Waals surface area contributed by atoms with Gasteiger partial charge in [0.2, 0.25) is 5.82 Å². The van der Waals surface area contributed by atoms with E-state index in [0.717, 1.165) is 11.6 Å². The second kappa shape index (κ2) is 5.23. The van der Waals surface area contributed by atoms with Crippen molar-refractivity contribution in [2.45, 2.75) is 20.0 Å². The third-order valence-electron chi connectivity index (χ3n) is 2.93. The molecule has 0 atom stereocenters. The number of ether oxygens (including phenoxy) is 1. The molecular weight excluding hydrogens is 285 g/mol. The van der Waals surface area contributed by atoms with Crippen molar-refractivity contribution in [3.8, 4) is 17.0 Å². The van der Waals surface area contributed by atoms with Gasteiger partial charge in [-0.15, -0.1) is 0 Å². The Morgan fingerprint density at radius 3 is 2.43 bits per heavy atom. The van der Waals surface area contributed by atoms with Crippen molar-refractivity contribution < 1.29 is 17.9 Å². The molecule has 1 aromatic carbocycles. The molecule has 0 aliphatic rings. The Labute approximate surface area is 118 Å². The van der Waals surface area contributed by atoms with Gasteiger partial charge in [-0.3, -0.25) is 4.79 Å². The Bertz CT molecular complexity index is 736. The molecule has 2 aromatic rings. The quantitative estimate of drug-likeness (QED) is 0.927. The number of H-pyrrole nitrogens is 1. The fourth-order valence-corrected chi connectivity index (χ4v) is 2.14. The first-order chi connectivity index (χ1) is 9.72. The van der Waals surface area contributed by atoms with Crippen LogP contribution in [0.2, 0.25) is 0 Å². The minimum absolute atomic E-state index is 0.0691. The van der Waals surface area contributed by atoms with Crippen LogP contribution in [0.4, 0.5) is 13.2 Å². The summed E-state index contributed by atoms with van der Waals surface area (Å²) in [5.41, 5.74) is 1.02. The lowest BCUT2D eigenvalue weighted by Crippen LogP contribution is -2.19. The molecule has 21 heavy (non-hydrogen) atoms. The molecule has 1 aromatic heterocycles. The van der Waals surface area contributed by atoms with Gasteiger partial charge in [0.25, 0.3) is 5.56 Å². The molecule has 1 heterocycles. The third kappa shape index (κ3) is 3.07. The van der Waals surface area contributed by atoms with Crippen LogP contribution in [0.3, 0.4) is 0 Å². The number of benzene rings is 1. The summed E-state index contributed by atoms with van der Waals surface area (Å²) < 4.78 is 43.4. The lowest BCUT2D eigenvalue weighted by atomic mass is 10.0. The topological polar surface area (TPSA) is 55.0 Å². The number of nitrogens with zero attached hydrogens (tertiary/aromatic N) is 1. The van der Waals surface area contributed by atoms with Crippen LogP contribution in [0.25, 0.3) is 11.3 Å². The third-order valence-corrected chi connectivity index (χ3v) is 2.93. The number of aromatic amines is 1. The lowest BCUT2D eigenvalue weighted by Gasteiger charge is -2.13. The smallest absolute Gasteiger partial charge is 0.449 e. The predicted molar refractivity (Wildman–Crippen MR) is 71.3 cm³/mol. The van der Waals surface area contributed by atoms with Crippen molar-refractivity contribution in [2.75, 3.05) is 7.11 Å². The summed E-state index contributed by atoms with van der Waals surface area (Å²) in [6.07, 6.45) is -4.72. The van der Waals surface area contributed by atoms with Crippen molar-refractivity contribution in [1.29, 1.82) is 0 Å². The number of nitrogens with one attached hydrogen (secondary N) is 1. The first kappa shape index (κ1) is 15.1. The van der Waals surface area contributed by atoms with E-state index in [-0.39, 0.29) is 5.69 Å². The van der Waals surface area contributed by atoms with Gasteiger partial charge in [0.1, 0.15) is 5.75 Å². The normalized spacial score (nSPS) is 11.5. The number of aromatic nitrogens is 2. The van der Waals surface area contributed by atoms with Crippen molar-refractivity contribution in [3.63, 3.8) is 0 Å². The Kier molecular flexibility index (Phi) is 3.76. The Morgan fingerprint density at radius 2 is 1.86 bits per heavy atom. The molecule has 0 unspecified atom stereocenters. The van der Waals surface area contributed by atoms with Crippen molar-refractivity contribution in [3.05, 3.63) is 45.5 Å². The zero-order valence-corrected chi connectivity index (χ0v) is 11.6. The van der Waals surface area contributed by atoms with Gasteiger partial charge in [-0.2, -0.15) is 13.2 Å². The number of methoxy groups -OCH3 is 1. The molecule has 0 aliphatic heterocycles. The number of aryl methyl sites for hydroxylation is 2. The maximum absolute atomic E-state index is 12.7. The van der Waals surface area contributed by atoms with E-state index in [9.17, 15) is 18.0 Å². The van der Waals surface area contributed by atoms with E-state index in [2.05, 4.69) is 4.98 Å². The molecule has 0 aliphatic carbocycles. The molecule has 0 saturated heterocycles. The second-order valence-corrected chi connectivity index (χ2v) is 4.64. The maximum Gasteiger partial charge on any atom is 0.449 e. The molecule has 1 N–H and O–H groups in total. The van der Waals surface area contributed by atoms with E-state index in [4.69, 9.17) is 4.74 Å². The van der Waals surface area contributed by atoms with Gasteiger partial charge in [-0.1, -0.05) is 6.07 Å². The molecule has 0 spiro atoms. The van der Waals surface area contributed by atoms with Crippen molar-refractivity contribution in [2.24, 2.45) is 0 Å². The Morgan fingerprint density at radius 1 is 1.19 bits per heavy atom. The zero-order valence-electron chi connectivity index (χ0n) is 11.6. The number of hydrogen-bond acceptors (Lipinski definition) is 3. The first-order valence-corrected chi connectivity index (χ1v) is 6.06. The van der Waals surface area contributed by atoms with Gasteiger partial charge in [-0.05, 0) is 31.0 Å². The monoisotopic (exact) mass is 298 g/mol. The minimum atomic E-state index is -4.72. The number of hydrogen-bond donors (Lipinski definition) is 1. The standard InChI is InChI=1S/C14H13F3N2O2/c1-7-4-8(2)12(10(5-7)21-3)9-6-11(20)19-13(18-9)14(15,16)17/h4-6H,1-3H3,(H,18,19,20). The van der Waals surface area contributed by atoms with Gasteiger partial charge < -0.3 is 9.72 Å². The molecule has 112 valence electrons. The number of alkyl halides is 3. The minimum Gasteiger partial charge on any atom is -0.496 e. The molecule has 0 bridgehead atoms. The molecule has 0 fully saturated rings. The summed E-state index contributed by atoms with van der Waals surface area (Å²) in [4.78, 5) is 16.7. The fourth-order valence-electron chi connectivity index (χ4n) is 2.14. The summed E-state index contributed by atoms with van der Waals surface area (Å²) in [7, 11) is 1.41. The van der Waals surface area contributed by atoms with Crippen LogP contribution < -0.4 is 10.3 Å². The van der Waals surface area contributed by atoms with Gasteiger partial charge in [0.15, 0.2) is 0 Å². The summed E-state index contributed by atoms with van der Waals surface area (Å²) in [5, 5.41) is 0. The lowest BCUT2D eigenvalue weighted by molar-refractivity contribution is -0.145. The highest BCUT2D eigenvalue weighted by Crippen LogP contribution is 2.34. The molecule has 0 saturated carbocycles. The van der Waals surface area contributed by atoms with Crippen molar-refractivity contribution >= 4 is 0 Å². The molecule has 4 nitrogen and oxygen atoms in total. The zero-order chi connectivity index (χ0) is 15.8. The molecule has 0 amide bonds. The van der Waals surface area contributed by atoms with Gasteiger partial charge >= 0.3 is 6.18 Å². The Balaban J connectivity index is 2.74. The second-order valence-electron chi connectivity index (χ2n) is 4.64. The van der Waals surface area contributed by atoms with Crippen LogP contribution in [0.1, 0.15) is 17.0 Å². The van der Waals surface area contributed by atoms with E-state index in [1.165, 1.54) is 7.11 Å². The van der Waals surface area contributed by atoms with Crippen LogP contribution in [0.15, 0.2) is 23.0 Å². The summed E-state index contributed by atoms with van der Waals surface area (Å²) in [5.74, 6) is -0.953. The average Bonchev–Trinajstić information content (AvgIpc) is 2.35. The average molecular weight is 298 g/mol. The largest absolute Gasteiger partial charge is 0.496 e. The molecule has 0 radical (unpaired) electrons. The van der Waals surface area contributed by atoms with E-state index in [1.54, 1.807) is 24.0 Å². The summed E-state index contributed by atoms with van der Waals surface area (Å²) in [6, 6.07) is 4.49. The van der Waals surface area contributed by atoms with Gasteiger partial charge in [0, 0.05) is 11.6 Å². The number of halogens is 3. The van der Waals surface area contributed by atoms with Crippen molar-refractivity contribution in [1.82, 2.24) is 9.97 Å². The summed E-state index contributed by atoms with van der Waals surface area (Å²) >= 11 is 0. The first-order valence-electron chi connectivity index (χ1n) is 6.06. The molecule has 7 heteroatoms. The SMILES string of the molecule is COc1cc(C)cc(C)c1-c1cc(=O)[nH]c(C(F)(F)F)n1. The summed E-state index contributed by atoms with van der Waals surface area (Å²) in [6.45, 7) is 3.56. The van der Waals surface area contributed by atoms with Crippen LogP contribution >= 0.6 is 0 Å². The Hall–Kier alpha value is -2.31. The van der Waals surface area contributed by atoms with E-state index < -0.39 is 17.6 Å². The van der Waals surface area contributed by atoms with E-state index >= 15 is 0 Å². The highest BCUT2D eigenvalue weighted by Gasteiger charge is 2.34. The molecule has 2 rings (SSSR count). The van der Waals surface area contributed by atoms with Gasteiger partial charge in [-0.25, -0.2) is 4.98 Å². The fraction of sp³-hybridized carbons (Fsp3) is 0.286. The van der Waals surface area contributed by atoms with Crippen LogP contribution in [0.5, 0.6) is 5.75 Å². The van der Waals surface area contributed by atoms with E-state index in [1.807, 2.05) is 6.92 Å². The van der Waals surface area contributed by atoms with Crippen LogP contribution in [0, 0.1) is 13.8 Å². The van der Waals surface area contributed by atoms with E-state index in [0.29, 0.717) is 16.9 Å². The highest BCUT2D eigenvalue weighted by atomic mass is 19.4. The highest BCUT2D eigenvalue weighted by molar-refractivity contribution is 5.71.